The Morgan fingerprint density at radius 1 is 1.03 bits per heavy atom. The van der Waals surface area contributed by atoms with Crippen LogP contribution < -0.4 is 10.6 Å². The summed E-state index contributed by atoms with van der Waals surface area (Å²) in [6, 6.07) is 16.2. The molecule has 182 valence electrons. The summed E-state index contributed by atoms with van der Waals surface area (Å²) in [5.41, 5.74) is 4.99. The Bertz CT molecular complexity index is 1180. The summed E-state index contributed by atoms with van der Waals surface area (Å²) in [5.74, 6) is -1.79. The van der Waals surface area contributed by atoms with Gasteiger partial charge in [0.1, 0.15) is 18.8 Å². The lowest BCUT2D eigenvalue weighted by Gasteiger charge is -2.14. The molecule has 4 rings (SSSR count). The quantitative estimate of drug-likeness (QED) is 0.339. The number of carbonyl (C=O) groups is 3. The second kappa shape index (κ2) is 10.8. The highest BCUT2D eigenvalue weighted by Crippen LogP contribution is 2.44. The summed E-state index contributed by atoms with van der Waals surface area (Å²) in [4.78, 5) is 34.8. The first-order chi connectivity index (χ1) is 16.9. The van der Waals surface area contributed by atoms with E-state index in [0.29, 0.717) is 5.69 Å². The Kier molecular flexibility index (Phi) is 7.36. The van der Waals surface area contributed by atoms with E-state index >= 15 is 0 Å². The Labute approximate surface area is 200 Å². The van der Waals surface area contributed by atoms with Crippen LogP contribution in [0.1, 0.15) is 29.2 Å². The number of nitrogens with one attached hydrogen (secondary N) is 2. The normalized spacial score (nSPS) is 12.9. The molecule has 4 N–H and O–H groups in total. The Hall–Kier alpha value is -4.25. The zero-order chi connectivity index (χ0) is 24.8. The number of aromatic nitrogens is 3. The molecule has 35 heavy (non-hydrogen) atoms. The summed E-state index contributed by atoms with van der Waals surface area (Å²) in [7, 11) is 0. The summed E-state index contributed by atoms with van der Waals surface area (Å²) in [6.45, 7) is 0.144. The Morgan fingerprint density at radius 3 is 2.34 bits per heavy atom. The zero-order valence-corrected chi connectivity index (χ0v) is 18.8. The third-order valence-corrected chi connectivity index (χ3v) is 5.67. The van der Waals surface area contributed by atoms with Crippen molar-refractivity contribution in [2.45, 2.75) is 31.5 Å². The molecule has 0 saturated carbocycles. The molecule has 11 heteroatoms. The molecule has 0 spiro atoms. The van der Waals surface area contributed by atoms with Crippen molar-refractivity contribution in [2.24, 2.45) is 0 Å². The van der Waals surface area contributed by atoms with Crippen molar-refractivity contribution in [3.05, 3.63) is 71.5 Å². The Balaban J connectivity index is 1.22. The number of alkyl carbamates (subject to hydrolysis) is 1. The molecule has 1 unspecified atom stereocenters. The number of hydrogen-bond acceptors (Lipinski definition) is 7. The van der Waals surface area contributed by atoms with E-state index in [-0.39, 0.29) is 38.6 Å². The van der Waals surface area contributed by atoms with Gasteiger partial charge in [-0.05, 0) is 22.3 Å². The number of amides is 2. The average Bonchev–Trinajstić information content (AvgIpc) is 3.43. The number of carboxylic acid groups (broad SMARTS) is 1. The van der Waals surface area contributed by atoms with Gasteiger partial charge in [0.15, 0.2) is 6.10 Å². The molecule has 0 saturated heterocycles. The fourth-order valence-electron chi connectivity index (χ4n) is 3.98. The standard InChI is InChI=1S/C24H25N5O6/c30-21(23(32)33)9-10-25-22(31)13-29-12-15(27-28-29)11-26-24(34)35-14-20-18-7-3-1-5-16(18)17-6-2-4-8-19(17)20/h1-8,12,20-21,30H,9-11,13-14H2,(H,25,31)(H,26,34)(H,32,33). The zero-order valence-electron chi connectivity index (χ0n) is 18.8. The van der Waals surface area contributed by atoms with Crippen molar-refractivity contribution in [1.29, 1.82) is 0 Å². The topological polar surface area (TPSA) is 156 Å². The fraction of sp³-hybridized carbons (Fsp3) is 0.292. The number of nitrogens with zero attached hydrogens (tertiary/aromatic N) is 3. The molecule has 2 aromatic carbocycles. The van der Waals surface area contributed by atoms with Gasteiger partial charge in [0.05, 0.1) is 12.7 Å². The lowest BCUT2D eigenvalue weighted by Crippen LogP contribution is -2.32. The second-order valence-electron chi connectivity index (χ2n) is 8.08. The molecule has 0 aliphatic heterocycles. The van der Waals surface area contributed by atoms with Gasteiger partial charge in [0, 0.05) is 18.9 Å². The maximum Gasteiger partial charge on any atom is 0.407 e. The fourth-order valence-corrected chi connectivity index (χ4v) is 3.98. The maximum atomic E-state index is 12.3. The van der Waals surface area contributed by atoms with Gasteiger partial charge >= 0.3 is 12.1 Å². The molecule has 1 aliphatic carbocycles. The van der Waals surface area contributed by atoms with Crippen molar-refractivity contribution in [1.82, 2.24) is 25.6 Å². The van der Waals surface area contributed by atoms with E-state index in [9.17, 15) is 19.5 Å². The highest BCUT2D eigenvalue weighted by Gasteiger charge is 2.29. The van der Waals surface area contributed by atoms with Crippen molar-refractivity contribution >= 4 is 18.0 Å². The van der Waals surface area contributed by atoms with Crippen LogP contribution in [-0.4, -0.2) is 62.4 Å². The number of rotatable bonds is 10. The SMILES string of the molecule is O=C(Cn1cc(CNC(=O)OCC2c3ccccc3-c3ccccc32)nn1)NCCC(O)C(=O)O. The summed E-state index contributed by atoms with van der Waals surface area (Å²) >= 11 is 0. The van der Waals surface area contributed by atoms with Crippen molar-refractivity contribution in [2.75, 3.05) is 13.2 Å². The highest BCUT2D eigenvalue weighted by molar-refractivity contribution is 5.79. The van der Waals surface area contributed by atoms with E-state index in [1.54, 1.807) is 0 Å². The maximum absolute atomic E-state index is 12.3. The van der Waals surface area contributed by atoms with Gasteiger partial charge in [-0.25, -0.2) is 14.3 Å². The summed E-state index contributed by atoms with van der Waals surface area (Å²) in [6.07, 6.45) is -0.711. The van der Waals surface area contributed by atoms with Crippen LogP contribution in [0.4, 0.5) is 4.79 Å². The van der Waals surface area contributed by atoms with Crippen molar-refractivity contribution in [3.63, 3.8) is 0 Å². The third kappa shape index (κ3) is 5.82. The number of benzene rings is 2. The van der Waals surface area contributed by atoms with Crippen LogP contribution in [0.3, 0.4) is 0 Å². The van der Waals surface area contributed by atoms with Gasteiger partial charge < -0.3 is 25.6 Å². The first-order valence-electron chi connectivity index (χ1n) is 11.1. The van der Waals surface area contributed by atoms with Gasteiger partial charge in [-0.3, -0.25) is 4.79 Å². The highest BCUT2D eigenvalue weighted by atomic mass is 16.5. The monoisotopic (exact) mass is 479 g/mol. The molecule has 1 atom stereocenters. The van der Waals surface area contributed by atoms with Crippen LogP contribution in [0.15, 0.2) is 54.7 Å². The molecule has 3 aromatic rings. The lowest BCUT2D eigenvalue weighted by molar-refractivity contribution is -0.147. The van der Waals surface area contributed by atoms with Gasteiger partial charge in [-0.2, -0.15) is 0 Å². The minimum atomic E-state index is -1.53. The molecule has 1 aliphatic rings. The number of fused-ring (bicyclic) bond motifs is 3. The number of aliphatic hydroxyl groups excluding tert-OH is 1. The molecular formula is C24H25N5O6. The van der Waals surface area contributed by atoms with Gasteiger partial charge in [0.25, 0.3) is 0 Å². The van der Waals surface area contributed by atoms with Gasteiger partial charge in [-0.15, -0.1) is 5.10 Å². The molecule has 0 bridgehead atoms. The third-order valence-electron chi connectivity index (χ3n) is 5.67. The summed E-state index contributed by atoms with van der Waals surface area (Å²) in [5, 5.41) is 30.7. The van der Waals surface area contributed by atoms with E-state index in [1.165, 1.54) is 10.9 Å². The number of hydrogen-bond donors (Lipinski definition) is 4. The van der Waals surface area contributed by atoms with E-state index in [1.807, 2.05) is 36.4 Å². The molecule has 0 fully saturated rings. The van der Waals surface area contributed by atoms with E-state index < -0.39 is 24.1 Å². The van der Waals surface area contributed by atoms with Gasteiger partial charge in [0.2, 0.25) is 5.91 Å². The second-order valence-corrected chi connectivity index (χ2v) is 8.08. The van der Waals surface area contributed by atoms with E-state index in [0.717, 1.165) is 22.3 Å². The number of carbonyl (C=O) groups excluding carboxylic acids is 2. The molecule has 0 radical (unpaired) electrons. The van der Waals surface area contributed by atoms with Crippen LogP contribution >= 0.6 is 0 Å². The van der Waals surface area contributed by atoms with E-state index in [4.69, 9.17) is 9.84 Å². The molecule has 11 nitrogen and oxygen atoms in total. The minimum absolute atomic E-state index is 0.0111. The van der Waals surface area contributed by atoms with Crippen LogP contribution in [0.5, 0.6) is 0 Å². The Morgan fingerprint density at radius 2 is 1.69 bits per heavy atom. The van der Waals surface area contributed by atoms with Gasteiger partial charge in [-0.1, -0.05) is 53.7 Å². The first kappa shape index (κ1) is 23.9. The average molecular weight is 479 g/mol. The van der Waals surface area contributed by atoms with Crippen LogP contribution in [0.2, 0.25) is 0 Å². The molecule has 2 amide bonds. The van der Waals surface area contributed by atoms with Crippen LogP contribution in [-0.2, 0) is 27.4 Å². The molecule has 1 heterocycles. The summed E-state index contributed by atoms with van der Waals surface area (Å²) < 4.78 is 6.77. The van der Waals surface area contributed by atoms with Crippen LogP contribution in [0.25, 0.3) is 11.1 Å². The smallest absolute Gasteiger partial charge is 0.407 e. The van der Waals surface area contributed by atoms with Crippen LogP contribution in [0, 0.1) is 0 Å². The van der Waals surface area contributed by atoms with E-state index in [2.05, 4.69) is 33.1 Å². The number of carboxylic acids is 1. The molecule has 1 aromatic heterocycles. The predicted molar refractivity (Wildman–Crippen MR) is 123 cm³/mol. The predicted octanol–water partition coefficient (Wildman–Crippen LogP) is 1.27. The first-order valence-corrected chi connectivity index (χ1v) is 11.1. The number of aliphatic carboxylic acids is 1. The largest absolute Gasteiger partial charge is 0.479 e. The number of ether oxygens (including phenoxy) is 1. The lowest BCUT2D eigenvalue weighted by atomic mass is 9.98. The number of aliphatic hydroxyl groups is 1. The van der Waals surface area contributed by atoms with Crippen molar-refractivity contribution < 1.29 is 29.3 Å². The minimum Gasteiger partial charge on any atom is -0.479 e. The van der Waals surface area contributed by atoms with Crippen molar-refractivity contribution in [3.8, 4) is 11.1 Å². The molecular weight excluding hydrogens is 454 g/mol.